The molecule has 9 heteroatoms. The molecule has 9 nitrogen and oxygen atoms in total. The van der Waals surface area contributed by atoms with Gasteiger partial charge in [-0.1, -0.05) is 12.1 Å². The molecule has 4 rings (SSSR count). The van der Waals surface area contributed by atoms with Crippen molar-refractivity contribution in [1.82, 2.24) is 14.5 Å². The molecular formula is C24H26N4O5. The number of amides is 2. The number of fused-ring (bicyclic) bond motifs is 1. The molecule has 33 heavy (non-hydrogen) atoms. The summed E-state index contributed by atoms with van der Waals surface area (Å²) >= 11 is 0. The molecule has 2 amide bonds. The number of nitrogens with one attached hydrogen (secondary N) is 1. The topological polar surface area (TPSA) is 103 Å². The Morgan fingerprint density at radius 1 is 1.06 bits per heavy atom. The van der Waals surface area contributed by atoms with E-state index in [0.29, 0.717) is 52.6 Å². The molecule has 1 saturated heterocycles. The Morgan fingerprint density at radius 3 is 2.42 bits per heavy atom. The SMILES string of the molecule is COc1cc(NC(=O)Cn2c(C)nc3ccccc3c2=O)c(C(=O)N2CCCC2)cc1OC. The number of aryl methyl sites for hydroxylation is 1. The Bertz CT molecular complexity index is 1280. The van der Waals surface area contributed by atoms with E-state index in [0.717, 1.165) is 12.8 Å². The fourth-order valence-corrected chi connectivity index (χ4v) is 4.05. The minimum atomic E-state index is -0.458. The molecule has 1 N–H and O–H groups in total. The normalized spacial score (nSPS) is 13.2. The summed E-state index contributed by atoms with van der Waals surface area (Å²) in [7, 11) is 2.97. The predicted molar refractivity (Wildman–Crippen MR) is 124 cm³/mol. The lowest BCUT2D eigenvalue weighted by Gasteiger charge is -2.20. The number of hydrogen-bond acceptors (Lipinski definition) is 6. The second kappa shape index (κ2) is 9.32. The highest BCUT2D eigenvalue weighted by Gasteiger charge is 2.25. The van der Waals surface area contributed by atoms with E-state index >= 15 is 0 Å². The predicted octanol–water partition coefficient (Wildman–Crippen LogP) is 2.60. The van der Waals surface area contributed by atoms with Gasteiger partial charge in [-0.15, -0.1) is 0 Å². The third kappa shape index (κ3) is 4.39. The molecule has 1 fully saturated rings. The van der Waals surface area contributed by atoms with Crippen LogP contribution in [0.25, 0.3) is 10.9 Å². The number of carbonyl (C=O) groups excluding carboxylic acids is 2. The van der Waals surface area contributed by atoms with E-state index in [1.54, 1.807) is 48.2 Å². The molecule has 0 spiro atoms. The van der Waals surface area contributed by atoms with Crippen LogP contribution in [0.3, 0.4) is 0 Å². The minimum absolute atomic E-state index is 0.190. The van der Waals surface area contributed by atoms with Crippen LogP contribution in [0.15, 0.2) is 41.2 Å². The Morgan fingerprint density at radius 2 is 1.73 bits per heavy atom. The summed E-state index contributed by atoms with van der Waals surface area (Å²) in [6, 6.07) is 10.1. The molecule has 0 unspecified atom stereocenters. The minimum Gasteiger partial charge on any atom is -0.493 e. The summed E-state index contributed by atoms with van der Waals surface area (Å²) in [5.41, 5.74) is 0.890. The van der Waals surface area contributed by atoms with Crippen molar-refractivity contribution in [1.29, 1.82) is 0 Å². The van der Waals surface area contributed by atoms with Crippen LogP contribution in [0.1, 0.15) is 29.0 Å². The van der Waals surface area contributed by atoms with Gasteiger partial charge >= 0.3 is 0 Å². The molecule has 0 bridgehead atoms. The van der Waals surface area contributed by atoms with Gasteiger partial charge in [0.2, 0.25) is 5.91 Å². The fraction of sp³-hybridized carbons (Fsp3) is 0.333. The molecule has 0 radical (unpaired) electrons. The van der Waals surface area contributed by atoms with Gasteiger partial charge in [-0.25, -0.2) is 4.98 Å². The second-order valence-corrected chi connectivity index (χ2v) is 7.87. The Hall–Kier alpha value is -3.88. The van der Waals surface area contributed by atoms with Crippen molar-refractivity contribution in [3.63, 3.8) is 0 Å². The highest BCUT2D eigenvalue weighted by Crippen LogP contribution is 2.34. The van der Waals surface area contributed by atoms with Gasteiger partial charge in [0.25, 0.3) is 11.5 Å². The highest BCUT2D eigenvalue weighted by molar-refractivity contribution is 6.04. The maximum atomic E-state index is 13.1. The summed E-state index contributed by atoms with van der Waals surface area (Å²) in [6.07, 6.45) is 1.88. The number of para-hydroxylation sites is 1. The first-order valence-electron chi connectivity index (χ1n) is 10.7. The Labute approximate surface area is 190 Å². The molecule has 0 saturated carbocycles. The monoisotopic (exact) mass is 450 g/mol. The maximum absolute atomic E-state index is 13.1. The standard InChI is InChI=1S/C24H26N4O5/c1-15-25-18-9-5-4-8-16(18)24(31)28(15)14-22(29)26-19-13-21(33-3)20(32-2)12-17(19)23(30)27-10-6-7-11-27/h4-5,8-9,12-13H,6-7,10-11,14H2,1-3H3,(H,26,29). The lowest BCUT2D eigenvalue weighted by atomic mass is 10.1. The van der Waals surface area contributed by atoms with E-state index in [2.05, 4.69) is 10.3 Å². The number of ether oxygens (including phenoxy) is 2. The molecule has 3 aromatic rings. The van der Waals surface area contributed by atoms with Crippen LogP contribution in [-0.2, 0) is 11.3 Å². The molecule has 1 aliphatic heterocycles. The highest BCUT2D eigenvalue weighted by atomic mass is 16.5. The van der Waals surface area contributed by atoms with Crippen molar-refractivity contribution in [2.45, 2.75) is 26.3 Å². The fourth-order valence-electron chi connectivity index (χ4n) is 4.05. The average molecular weight is 450 g/mol. The van der Waals surface area contributed by atoms with Gasteiger partial charge in [0, 0.05) is 19.2 Å². The van der Waals surface area contributed by atoms with E-state index in [9.17, 15) is 14.4 Å². The number of likely N-dealkylation sites (tertiary alicyclic amines) is 1. The van der Waals surface area contributed by atoms with Crippen molar-refractivity contribution in [3.05, 3.63) is 58.1 Å². The quantitative estimate of drug-likeness (QED) is 0.619. The molecule has 0 atom stereocenters. The van der Waals surface area contributed by atoms with Crippen LogP contribution >= 0.6 is 0 Å². The molecule has 1 aliphatic rings. The third-order valence-corrected chi connectivity index (χ3v) is 5.78. The van der Waals surface area contributed by atoms with Gasteiger partial charge in [-0.2, -0.15) is 0 Å². The molecule has 2 aromatic carbocycles. The first-order valence-corrected chi connectivity index (χ1v) is 10.7. The van der Waals surface area contributed by atoms with Crippen molar-refractivity contribution in [2.24, 2.45) is 0 Å². The number of benzene rings is 2. The van der Waals surface area contributed by atoms with Crippen LogP contribution in [0.5, 0.6) is 11.5 Å². The van der Waals surface area contributed by atoms with Crippen molar-refractivity contribution in [3.8, 4) is 11.5 Å². The van der Waals surface area contributed by atoms with Gasteiger partial charge < -0.3 is 19.7 Å². The summed E-state index contributed by atoms with van der Waals surface area (Å²) in [5, 5.41) is 3.22. The average Bonchev–Trinajstić information content (AvgIpc) is 3.36. The van der Waals surface area contributed by atoms with Crippen molar-refractivity contribution in [2.75, 3.05) is 32.6 Å². The number of anilines is 1. The maximum Gasteiger partial charge on any atom is 0.261 e. The number of nitrogens with zero attached hydrogens (tertiary/aromatic N) is 3. The number of hydrogen-bond donors (Lipinski definition) is 1. The largest absolute Gasteiger partial charge is 0.493 e. The van der Waals surface area contributed by atoms with Gasteiger partial charge in [-0.05, 0) is 38.0 Å². The van der Waals surface area contributed by atoms with E-state index in [1.165, 1.54) is 18.8 Å². The van der Waals surface area contributed by atoms with Crippen LogP contribution in [0, 0.1) is 6.92 Å². The summed E-state index contributed by atoms with van der Waals surface area (Å²) < 4.78 is 12.0. The van der Waals surface area contributed by atoms with E-state index in [1.807, 2.05) is 0 Å². The zero-order valence-electron chi connectivity index (χ0n) is 18.9. The van der Waals surface area contributed by atoms with Gasteiger partial charge in [0.05, 0.1) is 36.4 Å². The van der Waals surface area contributed by atoms with E-state index in [-0.39, 0.29) is 18.0 Å². The summed E-state index contributed by atoms with van der Waals surface area (Å²) in [5.74, 6) is 0.550. The van der Waals surface area contributed by atoms with Crippen molar-refractivity contribution >= 4 is 28.4 Å². The zero-order chi connectivity index (χ0) is 23.5. The third-order valence-electron chi connectivity index (χ3n) is 5.78. The first kappa shape index (κ1) is 22.3. The Kier molecular flexibility index (Phi) is 6.30. The zero-order valence-corrected chi connectivity index (χ0v) is 18.9. The van der Waals surface area contributed by atoms with Crippen LogP contribution < -0.4 is 20.3 Å². The Balaban J connectivity index is 1.67. The molecule has 0 aliphatic carbocycles. The van der Waals surface area contributed by atoms with Crippen LogP contribution in [-0.4, -0.2) is 53.6 Å². The number of carbonyl (C=O) groups is 2. The lowest BCUT2D eigenvalue weighted by Crippen LogP contribution is -2.32. The van der Waals surface area contributed by atoms with Gasteiger partial charge in [0.1, 0.15) is 12.4 Å². The van der Waals surface area contributed by atoms with Crippen LogP contribution in [0.4, 0.5) is 5.69 Å². The summed E-state index contributed by atoms with van der Waals surface area (Å²) in [6.45, 7) is 2.77. The molecule has 172 valence electrons. The first-order chi connectivity index (χ1) is 15.9. The van der Waals surface area contributed by atoms with Crippen molar-refractivity contribution < 1.29 is 19.1 Å². The summed E-state index contributed by atoms with van der Waals surface area (Å²) in [4.78, 5) is 45.2. The molecular weight excluding hydrogens is 424 g/mol. The number of methoxy groups -OCH3 is 2. The van der Waals surface area contributed by atoms with Gasteiger partial charge in [-0.3, -0.25) is 19.0 Å². The van der Waals surface area contributed by atoms with Gasteiger partial charge in [0.15, 0.2) is 11.5 Å². The lowest BCUT2D eigenvalue weighted by molar-refractivity contribution is -0.116. The molecule has 1 aromatic heterocycles. The van der Waals surface area contributed by atoms with E-state index in [4.69, 9.17) is 9.47 Å². The second-order valence-electron chi connectivity index (χ2n) is 7.87. The smallest absolute Gasteiger partial charge is 0.261 e. The number of aromatic nitrogens is 2. The number of rotatable bonds is 6. The van der Waals surface area contributed by atoms with Crippen LogP contribution in [0.2, 0.25) is 0 Å². The molecule has 2 heterocycles. The van der Waals surface area contributed by atoms with E-state index < -0.39 is 5.91 Å².